The van der Waals surface area contributed by atoms with E-state index in [-0.39, 0.29) is 32.9 Å². The Bertz CT molecular complexity index is 668. The van der Waals surface area contributed by atoms with Gasteiger partial charge in [-0.1, -0.05) is 23.2 Å². The fourth-order valence-corrected chi connectivity index (χ4v) is 2.09. The van der Waals surface area contributed by atoms with E-state index in [2.05, 4.69) is 9.72 Å². The van der Waals surface area contributed by atoms with Crippen LogP contribution in [-0.2, 0) is 0 Å². The highest BCUT2D eigenvalue weighted by molar-refractivity contribution is 6.32. The molecule has 1 aromatic heterocycles. The Morgan fingerprint density at radius 1 is 1.14 bits per heavy atom. The van der Waals surface area contributed by atoms with Gasteiger partial charge in [-0.15, -0.1) is 0 Å². The van der Waals surface area contributed by atoms with Gasteiger partial charge >= 0.3 is 6.61 Å². The zero-order valence-electron chi connectivity index (χ0n) is 10.5. The minimum absolute atomic E-state index is 0.0711. The van der Waals surface area contributed by atoms with Crippen molar-refractivity contribution in [3.05, 3.63) is 40.3 Å². The lowest BCUT2D eigenvalue weighted by Crippen LogP contribution is -2.03. The lowest BCUT2D eigenvalue weighted by atomic mass is 10.1. The fraction of sp³-hybridized carbons (Fsp3) is 0.154. The first-order chi connectivity index (χ1) is 9.93. The van der Waals surface area contributed by atoms with Crippen molar-refractivity contribution in [1.29, 1.82) is 0 Å². The van der Waals surface area contributed by atoms with Crippen LogP contribution in [-0.4, -0.2) is 18.7 Å². The molecule has 0 fully saturated rings. The maximum atomic E-state index is 14.2. The van der Waals surface area contributed by atoms with Crippen molar-refractivity contribution in [2.75, 3.05) is 7.11 Å². The van der Waals surface area contributed by atoms with Gasteiger partial charge in [0.05, 0.1) is 17.8 Å². The molecule has 0 N–H and O–H groups in total. The summed E-state index contributed by atoms with van der Waals surface area (Å²) < 4.78 is 47.5. The van der Waals surface area contributed by atoms with Gasteiger partial charge in [-0.2, -0.15) is 8.78 Å². The van der Waals surface area contributed by atoms with E-state index in [0.717, 1.165) is 0 Å². The molecule has 2 aromatic rings. The molecule has 0 amide bonds. The van der Waals surface area contributed by atoms with E-state index >= 15 is 0 Å². The number of alkyl halides is 2. The number of pyridine rings is 1. The second kappa shape index (κ2) is 6.41. The number of hydrogen-bond acceptors (Lipinski definition) is 3. The molecule has 0 spiro atoms. The predicted octanol–water partition coefficient (Wildman–Crippen LogP) is 4.80. The first-order valence-corrected chi connectivity index (χ1v) is 6.33. The van der Waals surface area contributed by atoms with E-state index in [1.807, 2.05) is 0 Å². The third kappa shape index (κ3) is 3.33. The topological polar surface area (TPSA) is 31.4 Å². The smallest absolute Gasteiger partial charge is 0.387 e. The van der Waals surface area contributed by atoms with E-state index in [9.17, 15) is 13.2 Å². The highest BCUT2D eigenvalue weighted by Gasteiger charge is 2.17. The number of rotatable bonds is 4. The number of hydrogen-bond donors (Lipinski definition) is 0. The van der Waals surface area contributed by atoms with E-state index in [1.165, 1.54) is 31.4 Å². The SMILES string of the molecule is COc1c(Cl)ccc(-c2ccc(OC(F)F)c(Cl)n2)c1F. The zero-order valence-corrected chi connectivity index (χ0v) is 12.1. The lowest BCUT2D eigenvalue weighted by molar-refractivity contribution is -0.0499. The molecule has 0 aliphatic rings. The van der Waals surface area contributed by atoms with E-state index in [4.69, 9.17) is 27.9 Å². The summed E-state index contributed by atoms with van der Waals surface area (Å²) >= 11 is 11.5. The Kier molecular flexibility index (Phi) is 4.80. The summed E-state index contributed by atoms with van der Waals surface area (Å²) in [6.07, 6.45) is 0. The lowest BCUT2D eigenvalue weighted by Gasteiger charge is -2.10. The van der Waals surface area contributed by atoms with Gasteiger partial charge in [0, 0.05) is 5.56 Å². The third-order valence-corrected chi connectivity index (χ3v) is 3.13. The van der Waals surface area contributed by atoms with Gasteiger partial charge in [0.2, 0.25) is 0 Å². The van der Waals surface area contributed by atoms with Gasteiger partial charge in [-0.3, -0.25) is 0 Å². The van der Waals surface area contributed by atoms with Crippen LogP contribution < -0.4 is 9.47 Å². The third-order valence-electron chi connectivity index (χ3n) is 2.56. The standard InChI is InChI=1S/C13H8Cl2F3NO2/c1-20-11-7(14)3-2-6(10(11)16)8-4-5-9(12(15)19-8)21-13(17)18/h2-5,13H,1H3. The molecule has 1 heterocycles. The molecule has 21 heavy (non-hydrogen) atoms. The minimum atomic E-state index is -3.03. The predicted molar refractivity (Wildman–Crippen MR) is 72.8 cm³/mol. The fourth-order valence-electron chi connectivity index (χ4n) is 1.67. The van der Waals surface area contributed by atoms with Gasteiger partial charge in [0.15, 0.2) is 22.5 Å². The summed E-state index contributed by atoms with van der Waals surface area (Å²) in [7, 11) is 1.27. The Hall–Kier alpha value is -1.66. The van der Waals surface area contributed by atoms with Gasteiger partial charge in [0.1, 0.15) is 0 Å². The quantitative estimate of drug-likeness (QED) is 0.750. The summed E-state index contributed by atoms with van der Waals surface area (Å²) in [5.74, 6) is -1.16. The number of aromatic nitrogens is 1. The normalized spacial score (nSPS) is 10.8. The maximum absolute atomic E-state index is 14.2. The number of ether oxygens (including phenoxy) is 2. The van der Waals surface area contributed by atoms with Crippen molar-refractivity contribution < 1.29 is 22.6 Å². The molecule has 0 atom stereocenters. The van der Waals surface area contributed by atoms with Gasteiger partial charge in [0.25, 0.3) is 0 Å². The second-order valence-electron chi connectivity index (χ2n) is 3.81. The monoisotopic (exact) mass is 337 g/mol. The minimum Gasteiger partial charge on any atom is -0.492 e. The van der Waals surface area contributed by atoms with Crippen molar-refractivity contribution in [3.63, 3.8) is 0 Å². The van der Waals surface area contributed by atoms with Crippen molar-refractivity contribution >= 4 is 23.2 Å². The highest BCUT2D eigenvalue weighted by atomic mass is 35.5. The van der Waals surface area contributed by atoms with Gasteiger partial charge in [-0.05, 0) is 24.3 Å². The number of nitrogens with zero attached hydrogens (tertiary/aromatic N) is 1. The summed E-state index contributed by atoms with van der Waals surface area (Å²) in [6, 6.07) is 5.29. The van der Waals surface area contributed by atoms with Crippen LogP contribution in [0.5, 0.6) is 11.5 Å². The summed E-state index contributed by atoms with van der Waals surface area (Å²) in [6.45, 7) is -3.03. The molecule has 112 valence electrons. The molecule has 0 aliphatic carbocycles. The zero-order chi connectivity index (χ0) is 15.6. The summed E-state index contributed by atoms with van der Waals surface area (Å²) in [5.41, 5.74) is 0.204. The summed E-state index contributed by atoms with van der Waals surface area (Å²) in [4.78, 5) is 3.83. The Morgan fingerprint density at radius 3 is 2.43 bits per heavy atom. The first-order valence-electron chi connectivity index (χ1n) is 5.57. The largest absolute Gasteiger partial charge is 0.492 e. The Morgan fingerprint density at radius 2 is 1.86 bits per heavy atom. The van der Waals surface area contributed by atoms with Crippen LogP contribution in [0.15, 0.2) is 24.3 Å². The molecular formula is C13H8Cl2F3NO2. The number of benzene rings is 1. The van der Waals surface area contributed by atoms with Crippen LogP contribution in [0.3, 0.4) is 0 Å². The van der Waals surface area contributed by atoms with Gasteiger partial charge in [-0.25, -0.2) is 9.37 Å². The van der Waals surface area contributed by atoms with Crippen molar-refractivity contribution in [2.45, 2.75) is 6.61 Å². The molecule has 0 saturated carbocycles. The van der Waals surface area contributed by atoms with Crippen molar-refractivity contribution in [2.24, 2.45) is 0 Å². The Balaban J connectivity index is 2.46. The maximum Gasteiger partial charge on any atom is 0.387 e. The molecule has 8 heteroatoms. The molecular weight excluding hydrogens is 330 g/mol. The van der Waals surface area contributed by atoms with E-state index in [0.29, 0.717) is 0 Å². The van der Waals surface area contributed by atoms with E-state index < -0.39 is 12.4 Å². The molecule has 3 nitrogen and oxygen atoms in total. The molecule has 1 aromatic carbocycles. The van der Waals surface area contributed by atoms with Gasteiger partial charge < -0.3 is 9.47 Å². The average molecular weight is 338 g/mol. The molecule has 0 unspecified atom stereocenters. The summed E-state index contributed by atoms with van der Waals surface area (Å²) in [5, 5.41) is -0.205. The highest BCUT2D eigenvalue weighted by Crippen LogP contribution is 2.35. The van der Waals surface area contributed by atoms with E-state index in [1.54, 1.807) is 0 Å². The molecule has 2 rings (SSSR count). The van der Waals surface area contributed by atoms with Crippen LogP contribution in [0.4, 0.5) is 13.2 Å². The molecule has 0 saturated heterocycles. The molecule has 0 radical (unpaired) electrons. The van der Waals surface area contributed by atoms with Crippen LogP contribution in [0, 0.1) is 5.82 Å². The molecule has 0 bridgehead atoms. The first kappa shape index (κ1) is 15.7. The Labute approximate surface area is 128 Å². The van der Waals surface area contributed by atoms with Crippen molar-refractivity contribution in [1.82, 2.24) is 4.98 Å². The van der Waals surface area contributed by atoms with Crippen LogP contribution in [0.25, 0.3) is 11.3 Å². The number of methoxy groups -OCH3 is 1. The van der Waals surface area contributed by atoms with Crippen molar-refractivity contribution in [3.8, 4) is 22.8 Å². The van der Waals surface area contributed by atoms with Crippen LogP contribution >= 0.6 is 23.2 Å². The number of halogens is 5. The molecule has 0 aliphatic heterocycles. The second-order valence-corrected chi connectivity index (χ2v) is 4.57. The van der Waals surface area contributed by atoms with Crippen LogP contribution in [0.2, 0.25) is 10.2 Å². The van der Waals surface area contributed by atoms with Crippen LogP contribution in [0.1, 0.15) is 0 Å². The average Bonchev–Trinajstić information content (AvgIpc) is 2.41.